The molecule has 0 fully saturated rings. The maximum atomic E-state index is 13.8. The molecule has 0 spiro atoms. The summed E-state index contributed by atoms with van der Waals surface area (Å²) in [5, 5.41) is 19.1. The first-order valence-electron chi connectivity index (χ1n) is 5.59. The molecule has 0 unspecified atom stereocenters. The lowest BCUT2D eigenvalue weighted by Crippen LogP contribution is -2.02. The zero-order valence-electron chi connectivity index (χ0n) is 9.99. The Hall–Kier alpha value is -3.03. The van der Waals surface area contributed by atoms with Gasteiger partial charge in [0.05, 0.1) is 11.3 Å². The number of aromatic carboxylic acids is 1. The van der Waals surface area contributed by atoms with Gasteiger partial charge in [0.2, 0.25) is 5.65 Å². The van der Waals surface area contributed by atoms with Crippen molar-refractivity contribution in [1.82, 2.24) is 19.6 Å². The molecule has 3 rings (SSSR count). The number of aromatic nitrogens is 4. The zero-order chi connectivity index (χ0) is 14.1. The number of nitrogens with zero attached hydrogens (tertiary/aromatic N) is 4. The summed E-state index contributed by atoms with van der Waals surface area (Å²) in [5.74, 6) is -1.55. The minimum Gasteiger partial charge on any atom is -0.478 e. The number of halogens is 1. The van der Waals surface area contributed by atoms with Crippen LogP contribution in [-0.2, 0) is 0 Å². The highest BCUT2D eigenvalue weighted by Crippen LogP contribution is 2.21. The number of carbonyl (C=O) groups is 1. The van der Waals surface area contributed by atoms with Crippen LogP contribution in [0.15, 0.2) is 36.9 Å². The van der Waals surface area contributed by atoms with Crippen LogP contribution in [0.5, 0.6) is 0 Å². The van der Waals surface area contributed by atoms with Gasteiger partial charge >= 0.3 is 5.97 Å². The second-order valence-electron chi connectivity index (χ2n) is 3.96. The lowest BCUT2D eigenvalue weighted by atomic mass is 10.2. The normalized spacial score (nSPS) is 10.7. The number of hydrogen-bond acceptors (Lipinski definition) is 5. The maximum absolute atomic E-state index is 13.8. The SMILES string of the molecule is O=C(O)c1ccc(Nc2nccn3cnnc23)c(F)c1. The van der Waals surface area contributed by atoms with Crippen LogP contribution < -0.4 is 5.32 Å². The Morgan fingerprint density at radius 3 is 3.00 bits per heavy atom. The molecule has 0 aliphatic rings. The predicted molar refractivity (Wildman–Crippen MR) is 67.4 cm³/mol. The van der Waals surface area contributed by atoms with Crippen molar-refractivity contribution in [3.8, 4) is 0 Å². The second-order valence-corrected chi connectivity index (χ2v) is 3.96. The van der Waals surface area contributed by atoms with E-state index in [-0.39, 0.29) is 11.3 Å². The highest BCUT2D eigenvalue weighted by Gasteiger charge is 2.11. The van der Waals surface area contributed by atoms with E-state index in [2.05, 4.69) is 20.5 Å². The molecule has 0 saturated carbocycles. The summed E-state index contributed by atoms with van der Waals surface area (Å²) >= 11 is 0. The van der Waals surface area contributed by atoms with Gasteiger partial charge in [0.1, 0.15) is 12.1 Å². The van der Waals surface area contributed by atoms with Crippen LogP contribution in [0, 0.1) is 5.82 Å². The van der Waals surface area contributed by atoms with E-state index in [0.717, 1.165) is 6.07 Å². The third kappa shape index (κ3) is 2.03. The van der Waals surface area contributed by atoms with E-state index < -0.39 is 11.8 Å². The fourth-order valence-electron chi connectivity index (χ4n) is 1.72. The van der Waals surface area contributed by atoms with Gasteiger partial charge in [-0.1, -0.05) is 0 Å². The average molecular weight is 273 g/mol. The zero-order valence-corrected chi connectivity index (χ0v) is 9.99. The van der Waals surface area contributed by atoms with Gasteiger partial charge < -0.3 is 10.4 Å². The first-order valence-corrected chi connectivity index (χ1v) is 5.59. The molecule has 2 heterocycles. The van der Waals surface area contributed by atoms with Crippen molar-refractivity contribution in [2.24, 2.45) is 0 Å². The smallest absolute Gasteiger partial charge is 0.335 e. The van der Waals surface area contributed by atoms with Crippen LogP contribution in [0.25, 0.3) is 5.65 Å². The van der Waals surface area contributed by atoms with Crippen molar-refractivity contribution in [3.63, 3.8) is 0 Å². The lowest BCUT2D eigenvalue weighted by molar-refractivity contribution is 0.0696. The second kappa shape index (κ2) is 4.57. The number of carboxylic acids is 1. The van der Waals surface area contributed by atoms with Crippen molar-refractivity contribution in [2.75, 3.05) is 5.32 Å². The van der Waals surface area contributed by atoms with E-state index >= 15 is 0 Å². The quantitative estimate of drug-likeness (QED) is 0.754. The Kier molecular flexibility index (Phi) is 2.75. The van der Waals surface area contributed by atoms with Crippen LogP contribution in [-0.4, -0.2) is 30.7 Å². The molecule has 7 nitrogen and oxygen atoms in total. The van der Waals surface area contributed by atoms with Gasteiger partial charge in [-0.3, -0.25) is 4.40 Å². The van der Waals surface area contributed by atoms with Crippen molar-refractivity contribution in [2.45, 2.75) is 0 Å². The summed E-state index contributed by atoms with van der Waals surface area (Å²) in [7, 11) is 0. The molecule has 0 aliphatic carbocycles. The average Bonchev–Trinajstić information content (AvgIpc) is 2.90. The molecule has 0 aliphatic heterocycles. The lowest BCUT2D eigenvalue weighted by Gasteiger charge is -2.07. The number of rotatable bonds is 3. The van der Waals surface area contributed by atoms with E-state index in [0.29, 0.717) is 11.5 Å². The monoisotopic (exact) mass is 273 g/mol. The maximum Gasteiger partial charge on any atom is 0.335 e. The van der Waals surface area contributed by atoms with Crippen molar-refractivity contribution in [1.29, 1.82) is 0 Å². The molecule has 8 heteroatoms. The summed E-state index contributed by atoms with van der Waals surface area (Å²) in [6, 6.07) is 3.58. The number of anilines is 2. The minimum absolute atomic E-state index is 0.110. The number of carboxylic acid groups (broad SMARTS) is 1. The molecule has 0 saturated heterocycles. The Morgan fingerprint density at radius 2 is 2.25 bits per heavy atom. The molecule has 0 radical (unpaired) electrons. The number of benzene rings is 1. The Labute approximate surface area is 111 Å². The molecule has 3 aromatic rings. The Bertz CT molecular complexity index is 801. The van der Waals surface area contributed by atoms with Gasteiger partial charge in [0, 0.05) is 12.4 Å². The topological polar surface area (TPSA) is 92.4 Å². The summed E-state index contributed by atoms with van der Waals surface area (Å²) in [4.78, 5) is 14.8. The van der Waals surface area contributed by atoms with E-state index in [1.807, 2.05) is 0 Å². The molecule has 0 bridgehead atoms. The fourth-order valence-corrected chi connectivity index (χ4v) is 1.72. The summed E-state index contributed by atoms with van der Waals surface area (Å²) in [6.07, 6.45) is 4.67. The number of hydrogen-bond donors (Lipinski definition) is 2. The van der Waals surface area contributed by atoms with E-state index in [4.69, 9.17) is 5.11 Å². The van der Waals surface area contributed by atoms with Crippen molar-refractivity contribution in [3.05, 3.63) is 48.3 Å². The third-order valence-electron chi connectivity index (χ3n) is 2.68. The molecular formula is C12H8FN5O2. The number of nitrogens with one attached hydrogen (secondary N) is 1. The van der Waals surface area contributed by atoms with Gasteiger partial charge in [-0.15, -0.1) is 10.2 Å². The standard InChI is InChI=1S/C12H8FN5O2/c13-8-5-7(12(19)20)1-2-9(8)16-10-11-17-15-6-18(11)4-3-14-10/h1-6H,(H,14,16)(H,19,20). The molecule has 20 heavy (non-hydrogen) atoms. The van der Waals surface area contributed by atoms with Gasteiger partial charge in [-0.2, -0.15) is 0 Å². The van der Waals surface area contributed by atoms with Gasteiger partial charge in [-0.25, -0.2) is 14.2 Å². The Morgan fingerprint density at radius 1 is 1.40 bits per heavy atom. The molecule has 0 atom stereocenters. The van der Waals surface area contributed by atoms with Crippen LogP contribution >= 0.6 is 0 Å². The van der Waals surface area contributed by atoms with Crippen LogP contribution in [0.3, 0.4) is 0 Å². The minimum atomic E-state index is -1.19. The summed E-state index contributed by atoms with van der Waals surface area (Å²) in [5.41, 5.74) is 0.425. The van der Waals surface area contributed by atoms with Crippen molar-refractivity contribution >= 4 is 23.1 Å². The van der Waals surface area contributed by atoms with Crippen LogP contribution in [0.1, 0.15) is 10.4 Å². The summed E-state index contributed by atoms with van der Waals surface area (Å²) < 4.78 is 15.4. The molecule has 2 aromatic heterocycles. The van der Waals surface area contributed by atoms with E-state index in [1.165, 1.54) is 24.7 Å². The summed E-state index contributed by atoms with van der Waals surface area (Å²) in [6.45, 7) is 0. The highest BCUT2D eigenvalue weighted by atomic mass is 19.1. The first-order chi connectivity index (χ1) is 9.65. The van der Waals surface area contributed by atoms with E-state index in [1.54, 1.807) is 10.6 Å². The Balaban J connectivity index is 1.99. The molecule has 1 aromatic carbocycles. The van der Waals surface area contributed by atoms with Crippen LogP contribution in [0.4, 0.5) is 15.9 Å². The van der Waals surface area contributed by atoms with E-state index in [9.17, 15) is 9.18 Å². The first kappa shape index (κ1) is 12.0. The number of fused-ring (bicyclic) bond motifs is 1. The third-order valence-corrected chi connectivity index (χ3v) is 2.68. The van der Waals surface area contributed by atoms with Crippen LogP contribution in [0.2, 0.25) is 0 Å². The molecule has 2 N–H and O–H groups in total. The van der Waals surface area contributed by atoms with Crippen molar-refractivity contribution < 1.29 is 14.3 Å². The molecule has 0 amide bonds. The molecular weight excluding hydrogens is 265 g/mol. The molecule has 100 valence electrons. The van der Waals surface area contributed by atoms with Gasteiger partial charge in [0.25, 0.3) is 0 Å². The largest absolute Gasteiger partial charge is 0.478 e. The highest BCUT2D eigenvalue weighted by molar-refractivity contribution is 5.88. The fraction of sp³-hybridized carbons (Fsp3) is 0. The van der Waals surface area contributed by atoms with Gasteiger partial charge in [0.15, 0.2) is 5.82 Å². The van der Waals surface area contributed by atoms with Gasteiger partial charge in [-0.05, 0) is 18.2 Å². The predicted octanol–water partition coefficient (Wildman–Crippen LogP) is 1.71.